The van der Waals surface area contributed by atoms with Gasteiger partial charge in [0.1, 0.15) is 12.6 Å². The summed E-state index contributed by atoms with van der Waals surface area (Å²) in [5.74, 6) is -1.61. The van der Waals surface area contributed by atoms with Crippen molar-refractivity contribution in [1.82, 2.24) is 10.2 Å². The molecule has 2 atom stereocenters. The van der Waals surface area contributed by atoms with E-state index in [1.54, 1.807) is 0 Å². The van der Waals surface area contributed by atoms with Crippen LogP contribution in [0.5, 0.6) is 0 Å². The second-order valence-corrected chi connectivity index (χ2v) is 9.05. The van der Waals surface area contributed by atoms with E-state index in [9.17, 15) is 19.5 Å². The number of carboxylic acid groups (broad SMARTS) is 1. The van der Waals surface area contributed by atoms with Crippen LogP contribution in [-0.2, 0) is 19.1 Å². The van der Waals surface area contributed by atoms with Crippen molar-refractivity contribution in [3.8, 4) is 11.1 Å². The second kappa shape index (κ2) is 10.3. The van der Waals surface area contributed by atoms with E-state index in [2.05, 4.69) is 17.4 Å². The number of ether oxygens (including phenoxy) is 2. The highest BCUT2D eigenvalue weighted by Gasteiger charge is 2.36. The molecular weight excluding hydrogens is 436 g/mol. The zero-order valence-electron chi connectivity index (χ0n) is 19.4. The predicted octanol–water partition coefficient (Wildman–Crippen LogP) is 3.25. The summed E-state index contributed by atoms with van der Waals surface area (Å²) in [5.41, 5.74) is 4.49. The third-order valence-electron chi connectivity index (χ3n) is 6.47. The number of aliphatic carboxylic acids is 1. The van der Waals surface area contributed by atoms with Crippen molar-refractivity contribution >= 4 is 18.0 Å². The van der Waals surface area contributed by atoms with Gasteiger partial charge in [0.15, 0.2) is 0 Å². The Morgan fingerprint density at radius 1 is 1.09 bits per heavy atom. The van der Waals surface area contributed by atoms with Gasteiger partial charge in [-0.2, -0.15) is 0 Å². The van der Waals surface area contributed by atoms with Gasteiger partial charge < -0.3 is 24.8 Å². The van der Waals surface area contributed by atoms with E-state index in [0.717, 1.165) is 22.3 Å². The third kappa shape index (κ3) is 4.92. The SMILES string of the molecule is CC(C)C(NC(=O)OCC1c2ccccc2-c2ccccc21)C(=O)N1CCOCC1CC(=O)O. The molecule has 8 nitrogen and oxygen atoms in total. The van der Waals surface area contributed by atoms with Crippen LogP contribution in [-0.4, -0.2) is 66.4 Å². The van der Waals surface area contributed by atoms with Gasteiger partial charge in [-0.3, -0.25) is 9.59 Å². The van der Waals surface area contributed by atoms with Gasteiger partial charge in [0.2, 0.25) is 5.91 Å². The summed E-state index contributed by atoms with van der Waals surface area (Å²) in [6.07, 6.45) is -0.876. The van der Waals surface area contributed by atoms with Gasteiger partial charge in [0.25, 0.3) is 0 Å². The molecule has 1 aliphatic heterocycles. The zero-order valence-corrected chi connectivity index (χ0v) is 19.4. The molecule has 1 saturated heterocycles. The summed E-state index contributed by atoms with van der Waals surface area (Å²) in [7, 11) is 0. The summed E-state index contributed by atoms with van der Waals surface area (Å²) in [4.78, 5) is 38.8. The van der Waals surface area contributed by atoms with Gasteiger partial charge in [0.05, 0.1) is 25.7 Å². The minimum atomic E-state index is -1.00. The third-order valence-corrected chi connectivity index (χ3v) is 6.47. The molecule has 0 bridgehead atoms. The minimum Gasteiger partial charge on any atom is -0.481 e. The van der Waals surface area contributed by atoms with Gasteiger partial charge >= 0.3 is 12.1 Å². The van der Waals surface area contributed by atoms with Crippen molar-refractivity contribution in [3.63, 3.8) is 0 Å². The fourth-order valence-corrected chi connectivity index (χ4v) is 4.77. The van der Waals surface area contributed by atoms with E-state index in [1.807, 2.05) is 50.2 Å². The molecule has 2 amide bonds. The van der Waals surface area contributed by atoms with Gasteiger partial charge in [-0.1, -0.05) is 62.4 Å². The Kier molecular flexibility index (Phi) is 7.17. The van der Waals surface area contributed by atoms with Crippen LogP contribution in [0.4, 0.5) is 4.79 Å². The van der Waals surface area contributed by atoms with E-state index in [1.165, 1.54) is 4.90 Å². The lowest BCUT2D eigenvalue weighted by atomic mass is 9.98. The Balaban J connectivity index is 1.43. The maximum absolute atomic E-state index is 13.3. The quantitative estimate of drug-likeness (QED) is 0.649. The first-order valence-corrected chi connectivity index (χ1v) is 11.6. The summed E-state index contributed by atoms with van der Waals surface area (Å²) in [6, 6.07) is 14.8. The zero-order chi connectivity index (χ0) is 24.2. The molecular formula is C26H30N2O6. The average Bonchev–Trinajstić information content (AvgIpc) is 3.14. The summed E-state index contributed by atoms with van der Waals surface area (Å²) in [6.45, 7) is 4.59. The van der Waals surface area contributed by atoms with Crippen molar-refractivity contribution in [2.24, 2.45) is 5.92 Å². The molecule has 0 radical (unpaired) electrons. The highest BCUT2D eigenvalue weighted by atomic mass is 16.5. The van der Waals surface area contributed by atoms with Gasteiger partial charge in [-0.05, 0) is 28.2 Å². The number of rotatable bonds is 7. The van der Waals surface area contributed by atoms with Gasteiger partial charge in [0, 0.05) is 12.5 Å². The maximum atomic E-state index is 13.3. The number of amides is 2. The van der Waals surface area contributed by atoms with Crippen LogP contribution in [0.25, 0.3) is 11.1 Å². The lowest BCUT2D eigenvalue weighted by Crippen LogP contribution is -2.57. The minimum absolute atomic E-state index is 0.0782. The number of nitrogens with one attached hydrogen (secondary N) is 1. The van der Waals surface area contributed by atoms with Crippen molar-refractivity contribution in [3.05, 3.63) is 59.7 Å². The van der Waals surface area contributed by atoms with E-state index in [0.29, 0.717) is 6.61 Å². The van der Waals surface area contributed by atoms with Crippen molar-refractivity contribution in [2.75, 3.05) is 26.4 Å². The molecule has 8 heteroatoms. The van der Waals surface area contributed by atoms with Crippen LogP contribution in [0.2, 0.25) is 0 Å². The number of carbonyl (C=O) groups excluding carboxylic acids is 2. The lowest BCUT2D eigenvalue weighted by Gasteiger charge is -2.37. The number of hydrogen-bond donors (Lipinski definition) is 2. The Morgan fingerprint density at radius 2 is 1.71 bits per heavy atom. The molecule has 0 spiro atoms. The lowest BCUT2D eigenvalue weighted by molar-refractivity contribution is -0.148. The normalized spacial score (nSPS) is 18.2. The number of alkyl carbamates (subject to hydrolysis) is 1. The van der Waals surface area contributed by atoms with Gasteiger partial charge in [-0.15, -0.1) is 0 Å². The number of carboxylic acids is 1. The van der Waals surface area contributed by atoms with Crippen LogP contribution < -0.4 is 5.32 Å². The van der Waals surface area contributed by atoms with Gasteiger partial charge in [-0.25, -0.2) is 4.79 Å². The summed E-state index contributed by atoms with van der Waals surface area (Å²) in [5, 5.41) is 11.9. The monoisotopic (exact) mass is 466 g/mol. The first-order chi connectivity index (χ1) is 16.4. The number of carbonyl (C=O) groups is 3. The molecule has 2 aromatic carbocycles. The number of benzene rings is 2. The second-order valence-electron chi connectivity index (χ2n) is 9.05. The Hall–Kier alpha value is -3.39. The molecule has 1 aliphatic carbocycles. The van der Waals surface area contributed by atoms with E-state index in [-0.39, 0.29) is 43.9 Å². The van der Waals surface area contributed by atoms with E-state index in [4.69, 9.17) is 9.47 Å². The molecule has 1 fully saturated rings. The van der Waals surface area contributed by atoms with E-state index >= 15 is 0 Å². The predicted molar refractivity (Wildman–Crippen MR) is 125 cm³/mol. The van der Waals surface area contributed by atoms with Crippen molar-refractivity contribution < 1.29 is 29.0 Å². The molecule has 2 aromatic rings. The molecule has 2 aliphatic rings. The number of hydrogen-bond acceptors (Lipinski definition) is 5. The Bertz CT molecular complexity index is 1020. The fourth-order valence-electron chi connectivity index (χ4n) is 4.77. The molecule has 2 N–H and O–H groups in total. The smallest absolute Gasteiger partial charge is 0.407 e. The highest BCUT2D eigenvalue weighted by Crippen LogP contribution is 2.44. The number of nitrogens with zero attached hydrogens (tertiary/aromatic N) is 1. The molecule has 2 unspecified atom stereocenters. The summed E-state index contributed by atoms with van der Waals surface area (Å²) < 4.78 is 11.0. The largest absolute Gasteiger partial charge is 0.481 e. The van der Waals surface area contributed by atoms with Crippen LogP contribution in [0.15, 0.2) is 48.5 Å². The molecule has 180 valence electrons. The topological polar surface area (TPSA) is 105 Å². The number of fused-ring (bicyclic) bond motifs is 3. The van der Waals surface area contributed by atoms with Crippen LogP contribution in [0, 0.1) is 5.92 Å². The first-order valence-electron chi connectivity index (χ1n) is 11.6. The van der Waals surface area contributed by atoms with Crippen molar-refractivity contribution in [2.45, 2.75) is 38.3 Å². The molecule has 4 rings (SSSR count). The van der Waals surface area contributed by atoms with E-state index < -0.39 is 24.1 Å². The highest BCUT2D eigenvalue weighted by molar-refractivity contribution is 5.87. The van der Waals surface area contributed by atoms with Crippen LogP contribution in [0.3, 0.4) is 0 Å². The summed E-state index contributed by atoms with van der Waals surface area (Å²) >= 11 is 0. The van der Waals surface area contributed by atoms with Crippen molar-refractivity contribution in [1.29, 1.82) is 0 Å². The standard InChI is InChI=1S/C26H30N2O6/c1-16(2)24(25(31)28-11-12-33-14-17(28)13-23(29)30)27-26(32)34-15-22-20-9-5-3-7-18(20)19-8-4-6-10-21(19)22/h3-10,16-17,22,24H,11-15H2,1-2H3,(H,27,32)(H,29,30). The maximum Gasteiger partial charge on any atom is 0.407 e. The Morgan fingerprint density at radius 3 is 2.29 bits per heavy atom. The molecule has 34 heavy (non-hydrogen) atoms. The number of morpholine rings is 1. The first kappa shape index (κ1) is 23.8. The molecule has 0 saturated carbocycles. The molecule has 1 heterocycles. The van der Waals surface area contributed by atoms with Crippen LogP contribution in [0.1, 0.15) is 37.3 Å². The Labute approximate surface area is 198 Å². The average molecular weight is 467 g/mol. The fraction of sp³-hybridized carbons (Fsp3) is 0.423. The van der Waals surface area contributed by atoms with Crippen LogP contribution >= 0.6 is 0 Å². The molecule has 0 aromatic heterocycles.